The van der Waals surface area contributed by atoms with Crippen molar-refractivity contribution in [3.63, 3.8) is 0 Å². The van der Waals surface area contributed by atoms with Crippen LogP contribution < -0.4 is 4.74 Å². The summed E-state index contributed by atoms with van der Waals surface area (Å²) in [5, 5.41) is 0. The number of nitrogens with zero attached hydrogens (tertiary/aromatic N) is 2. The molecule has 0 aromatic heterocycles. The first-order chi connectivity index (χ1) is 15.1. The summed E-state index contributed by atoms with van der Waals surface area (Å²) in [4.78, 5) is 29.9. The summed E-state index contributed by atoms with van der Waals surface area (Å²) >= 11 is 0. The molecule has 2 amide bonds. The van der Waals surface area contributed by atoms with E-state index in [9.17, 15) is 9.59 Å². The minimum absolute atomic E-state index is 0.208. The van der Waals surface area contributed by atoms with Crippen molar-refractivity contribution >= 4 is 17.4 Å². The molecule has 2 aromatic carbocycles. The van der Waals surface area contributed by atoms with E-state index in [1.54, 1.807) is 0 Å². The molecule has 0 spiro atoms. The molecule has 3 rings (SSSR count). The number of unbranched alkanes of at least 4 members (excludes halogenated alkanes) is 2. The van der Waals surface area contributed by atoms with E-state index in [1.807, 2.05) is 66.5 Å². The number of carbonyl (C=O) groups excluding carboxylic acids is 2. The van der Waals surface area contributed by atoms with Gasteiger partial charge in [0.15, 0.2) is 0 Å². The summed E-state index contributed by atoms with van der Waals surface area (Å²) in [6, 6.07) is 17.4. The lowest BCUT2D eigenvalue weighted by atomic mass is 10.0. The van der Waals surface area contributed by atoms with Gasteiger partial charge in [0.05, 0.1) is 12.2 Å². The summed E-state index contributed by atoms with van der Waals surface area (Å²) in [5.41, 5.74) is 2.77. The van der Waals surface area contributed by atoms with Gasteiger partial charge in [0.1, 0.15) is 11.4 Å². The molecule has 0 N–H and O–H groups in total. The van der Waals surface area contributed by atoms with Gasteiger partial charge < -0.3 is 9.64 Å². The van der Waals surface area contributed by atoms with Crippen molar-refractivity contribution in [2.24, 2.45) is 0 Å². The number of imide groups is 1. The summed E-state index contributed by atoms with van der Waals surface area (Å²) in [6.07, 6.45) is 3.78. The maximum Gasteiger partial charge on any atom is 0.277 e. The first-order valence-electron chi connectivity index (χ1n) is 11.2. The normalized spacial score (nSPS) is 13.8. The average Bonchev–Trinajstić information content (AvgIpc) is 3.03. The van der Waals surface area contributed by atoms with E-state index in [1.165, 1.54) is 4.90 Å². The zero-order valence-electron chi connectivity index (χ0n) is 18.8. The van der Waals surface area contributed by atoms with Gasteiger partial charge in [-0.25, -0.2) is 0 Å². The highest BCUT2D eigenvalue weighted by Crippen LogP contribution is 2.33. The van der Waals surface area contributed by atoms with Crippen LogP contribution in [0.15, 0.2) is 60.3 Å². The lowest BCUT2D eigenvalue weighted by Crippen LogP contribution is -2.34. The van der Waals surface area contributed by atoms with Crippen molar-refractivity contribution in [3.05, 3.63) is 71.4 Å². The van der Waals surface area contributed by atoms with Gasteiger partial charge in [-0.3, -0.25) is 14.5 Å². The molecular formula is C26H32N2O3. The first kappa shape index (κ1) is 22.6. The second-order valence-electron chi connectivity index (χ2n) is 7.91. The van der Waals surface area contributed by atoms with E-state index in [0.29, 0.717) is 31.0 Å². The highest BCUT2D eigenvalue weighted by atomic mass is 16.5. The number of benzene rings is 2. The summed E-state index contributed by atoms with van der Waals surface area (Å²) in [7, 11) is 1.88. The molecule has 0 saturated carbocycles. The Balaban J connectivity index is 1.93. The van der Waals surface area contributed by atoms with Crippen LogP contribution in [0, 0.1) is 0 Å². The van der Waals surface area contributed by atoms with Gasteiger partial charge in [0.25, 0.3) is 11.8 Å². The summed E-state index contributed by atoms with van der Waals surface area (Å²) in [5.74, 6) is 0.348. The summed E-state index contributed by atoms with van der Waals surface area (Å²) in [6.45, 7) is 5.83. The number of hydrogen-bond donors (Lipinski definition) is 0. The molecule has 0 bridgehead atoms. The maximum atomic E-state index is 13.3. The van der Waals surface area contributed by atoms with Crippen LogP contribution in [0.25, 0.3) is 5.57 Å². The molecule has 31 heavy (non-hydrogen) atoms. The minimum atomic E-state index is -0.210. The monoisotopic (exact) mass is 420 g/mol. The molecular weight excluding hydrogens is 388 g/mol. The van der Waals surface area contributed by atoms with Gasteiger partial charge >= 0.3 is 0 Å². The predicted octanol–water partition coefficient (Wildman–Crippen LogP) is 4.88. The van der Waals surface area contributed by atoms with Gasteiger partial charge in [-0.05, 0) is 36.1 Å². The minimum Gasteiger partial charge on any atom is -0.494 e. The highest BCUT2D eigenvalue weighted by molar-refractivity contribution is 6.35. The van der Waals surface area contributed by atoms with Gasteiger partial charge in [-0.15, -0.1) is 0 Å². The maximum absolute atomic E-state index is 13.3. The van der Waals surface area contributed by atoms with E-state index >= 15 is 0 Å². The highest BCUT2D eigenvalue weighted by Gasteiger charge is 2.40. The Hall–Kier alpha value is -3.08. The largest absolute Gasteiger partial charge is 0.494 e. The molecule has 0 unspecified atom stereocenters. The molecule has 5 nitrogen and oxygen atoms in total. The Morgan fingerprint density at radius 2 is 1.58 bits per heavy atom. The fourth-order valence-electron chi connectivity index (χ4n) is 3.77. The van der Waals surface area contributed by atoms with Gasteiger partial charge in [-0.2, -0.15) is 0 Å². The van der Waals surface area contributed by atoms with E-state index in [-0.39, 0.29) is 11.8 Å². The fourth-order valence-corrected chi connectivity index (χ4v) is 3.77. The number of carbonyl (C=O) groups is 2. The summed E-state index contributed by atoms with van der Waals surface area (Å²) < 4.78 is 5.67. The molecule has 0 radical (unpaired) electrons. The molecule has 1 aliphatic heterocycles. The first-order valence-corrected chi connectivity index (χ1v) is 11.2. The van der Waals surface area contributed by atoms with E-state index in [0.717, 1.165) is 42.6 Å². The van der Waals surface area contributed by atoms with Crippen LogP contribution in [-0.2, 0) is 16.1 Å². The molecule has 5 heteroatoms. The lowest BCUT2D eigenvalue weighted by Gasteiger charge is -2.21. The molecule has 164 valence electrons. The predicted molar refractivity (Wildman–Crippen MR) is 123 cm³/mol. The van der Waals surface area contributed by atoms with Crippen LogP contribution in [0.2, 0.25) is 0 Å². The molecule has 0 atom stereocenters. The van der Waals surface area contributed by atoms with Crippen LogP contribution in [0.3, 0.4) is 0 Å². The molecule has 0 aliphatic carbocycles. The SMILES string of the molecule is CCCCCN1C(=O)C(c2ccc(OCCC)cc2)=C(N(C)Cc2ccccc2)C1=O. The Bertz CT molecular complexity index is 919. The smallest absolute Gasteiger partial charge is 0.277 e. The molecule has 1 aliphatic rings. The molecule has 1 heterocycles. The van der Waals surface area contributed by atoms with Gasteiger partial charge in [0, 0.05) is 20.1 Å². The number of amides is 2. The topological polar surface area (TPSA) is 49.9 Å². The van der Waals surface area contributed by atoms with Crippen LogP contribution in [0.4, 0.5) is 0 Å². The van der Waals surface area contributed by atoms with E-state index < -0.39 is 0 Å². The Kier molecular flexibility index (Phi) is 7.88. The van der Waals surface area contributed by atoms with Crippen molar-refractivity contribution in [2.75, 3.05) is 20.2 Å². The van der Waals surface area contributed by atoms with Crippen molar-refractivity contribution in [1.82, 2.24) is 9.80 Å². The third-order valence-corrected chi connectivity index (χ3v) is 5.39. The zero-order chi connectivity index (χ0) is 22.2. The lowest BCUT2D eigenvalue weighted by molar-refractivity contribution is -0.137. The number of rotatable bonds is 11. The van der Waals surface area contributed by atoms with Crippen molar-refractivity contribution < 1.29 is 14.3 Å². The fraction of sp³-hybridized carbons (Fsp3) is 0.385. The third-order valence-electron chi connectivity index (χ3n) is 5.39. The second kappa shape index (κ2) is 10.8. The van der Waals surface area contributed by atoms with Crippen LogP contribution in [-0.4, -0.2) is 41.8 Å². The number of likely N-dealkylation sites (N-methyl/N-ethyl adjacent to an activating group) is 1. The van der Waals surface area contributed by atoms with Gasteiger partial charge in [-0.1, -0.05) is 69.2 Å². The zero-order valence-corrected chi connectivity index (χ0v) is 18.8. The van der Waals surface area contributed by atoms with E-state index in [2.05, 4.69) is 13.8 Å². The number of hydrogen-bond acceptors (Lipinski definition) is 4. The van der Waals surface area contributed by atoms with Crippen molar-refractivity contribution in [2.45, 2.75) is 46.1 Å². The molecule has 2 aromatic rings. The Labute approximate surface area is 185 Å². The van der Waals surface area contributed by atoms with Crippen LogP contribution in [0.1, 0.15) is 50.7 Å². The van der Waals surface area contributed by atoms with E-state index in [4.69, 9.17) is 4.74 Å². The average molecular weight is 421 g/mol. The van der Waals surface area contributed by atoms with Gasteiger partial charge in [0.2, 0.25) is 0 Å². The van der Waals surface area contributed by atoms with Crippen molar-refractivity contribution in [3.8, 4) is 5.75 Å². The van der Waals surface area contributed by atoms with Crippen LogP contribution in [0.5, 0.6) is 5.75 Å². The van der Waals surface area contributed by atoms with Crippen LogP contribution >= 0.6 is 0 Å². The third kappa shape index (κ3) is 5.35. The van der Waals surface area contributed by atoms with Crippen molar-refractivity contribution in [1.29, 1.82) is 0 Å². The molecule has 0 saturated heterocycles. The Morgan fingerprint density at radius 1 is 0.871 bits per heavy atom. The Morgan fingerprint density at radius 3 is 2.23 bits per heavy atom. The number of ether oxygens (including phenoxy) is 1. The molecule has 0 fully saturated rings. The standard InChI is InChI=1S/C26H32N2O3/c1-4-6-10-17-28-25(29)23(21-13-15-22(16-14-21)31-18-5-2)24(26(28)30)27(3)19-20-11-8-7-9-12-20/h7-9,11-16H,4-6,10,17-19H2,1-3H3. The quantitative estimate of drug-likeness (QED) is 0.384. The second-order valence-corrected chi connectivity index (χ2v) is 7.91.